The molecule has 0 spiro atoms. The number of carbonyl (C=O) groups is 2. The molecule has 0 aromatic heterocycles. The molecule has 0 saturated carbocycles. The minimum Gasteiger partial charge on any atom is -0.496 e. The molecular formula is C24H24O3. The topological polar surface area (TPSA) is 43.4 Å². The van der Waals surface area contributed by atoms with E-state index in [-0.39, 0.29) is 17.5 Å². The van der Waals surface area contributed by atoms with Crippen LogP contribution in [0.25, 0.3) is 21.5 Å². The van der Waals surface area contributed by atoms with Gasteiger partial charge in [0.2, 0.25) is 0 Å². The van der Waals surface area contributed by atoms with E-state index < -0.39 is 0 Å². The van der Waals surface area contributed by atoms with E-state index in [0.29, 0.717) is 29.7 Å². The highest BCUT2D eigenvalue weighted by molar-refractivity contribution is 6.25. The van der Waals surface area contributed by atoms with E-state index >= 15 is 0 Å². The average molecular weight is 360 g/mol. The minimum absolute atomic E-state index is 0.0786. The zero-order chi connectivity index (χ0) is 19.0. The molecule has 0 heterocycles. The monoisotopic (exact) mass is 360 g/mol. The van der Waals surface area contributed by atoms with Crippen LogP contribution in [0, 0.1) is 5.92 Å². The fourth-order valence-electron chi connectivity index (χ4n) is 4.33. The third kappa shape index (κ3) is 2.91. The van der Waals surface area contributed by atoms with Gasteiger partial charge in [-0.1, -0.05) is 44.0 Å². The Morgan fingerprint density at radius 2 is 1.89 bits per heavy atom. The van der Waals surface area contributed by atoms with Gasteiger partial charge < -0.3 is 4.74 Å². The smallest absolute Gasteiger partial charge is 0.166 e. The van der Waals surface area contributed by atoms with Gasteiger partial charge in [-0.3, -0.25) is 9.59 Å². The standard InChI is InChI=1S/C24H24O3/c1-3-4-7-15-10-12-20(25)23-17-9-6-5-8-16(17)14-19-21(27-2)13-11-18(22(19)23)24(15)26/h5-6,8-9,11,13-15H,3-4,7,10,12H2,1-2H3. The van der Waals surface area contributed by atoms with Gasteiger partial charge in [0.1, 0.15) is 5.75 Å². The van der Waals surface area contributed by atoms with Crippen molar-refractivity contribution < 1.29 is 14.3 Å². The quantitative estimate of drug-likeness (QED) is 0.539. The van der Waals surface area contributed by atoms with Crippen LogP contribution in [0.3, 0.4) is 0 Å². The lowest BCUT2D eigenvalue weighted by atomic mass is 9.80. The Morgan fingerprint density at radius 1 is 1.07 bits per heavy atom. The zero-order valence-electron chi connectivity index (χ0n) is 15.9. The predicted octanol–water partition coefficient (Wildman–Crippen LogP) is 5.97. The largest absolute Gasteiger partial charge is 0.496 e. The van der Waals surface area contributed by atoms with E-state index in [1.165, 1.54) is 0 Å². The summed E-state index contributed by atoms with van der Waals surface area (Å²) < 4.78 is 5.57. The lowest BCUT2D eigenvalue weighted by Crippen LogP contribution is -2.20. The van der Waals surface area contributed by atoms with Crippen LogP contribution < -0.4 is 4.74 Å². The molecule has 1 aliphatic carbocycles. The van der Waals surface area contributed by atoms with Crippen LogP contribution >= 0.6 is 0 Å². The summed E-state index contributed by atoms with van der Waals surface area (Å²) in [6.45, 7) is 2.13. The van der Waals surface area contributed by atoms with E-state index in [9.17, 15) is 9.59 Å². The van der Waals surface area contributed by atoms with Gasteiger partial charge in [-0.05, 0) is 41.8 Å². The van der Waals surface area contributed by atoms with Crippen LogP contribution in [0.2, 0.25) is 0 Å². The Balaban J connectivity index is 2.08. The van der Waals surface area contributed by atoms with Gasteiger partial charge in [-0.25, -0.2) is 0 Å². The molecule has 0 amide bonds. The fourth-order valence-corrected chi connectivity index (χ4v) is 4.33. The van der Waals surface area contributed by atoms with Gasteiger partial charge in [0.15, 0.2) is 11.6 Å². The van der Waals surface area contributed by atoms with Crippen molar-refractivity contribution in [1.82, 2.24) is 0 Å². The highest BCUT2D eigenvalue weighted by atomic mass is 16.5. The Kier molecular flexibility index (Phi) is 4.69. The van der Waals surface area contributed by atoms with Crippen molar-refractivity contribution in [2.24, 2.45) is 5.92 Å². The maximum absolute atomic E-state index is 13.4. The number of fused-ring (bicyclic) bond motifs is 2. The van der Waals surface area contributed by atoms with Crippen LogP contribution in [0.4, 0.5) is 0 Å². The van der Waals surface area contributed by atoms with Gasteiger partial charge in [-0.2, -0.15) is 0 Å². The van der Waals surface area contributed by atoms with E-state index in [4.69, 9.17) is 4.74 Å². The Bertz CT molecular complexity index is 1050. The van der Waals surface area contributed by atoms with Gasteiger partial charge in [0.05, 0.1) is 7.11 Å². The summed E-state index contributed by atoms with van der Waals surface area (Å²) in [4.78, 5) is 26.6. The second-order valence-electron chi connectivity index (χ2n) is 7.38. The first kappa shape index (κ1) is 17.7. The fraction of sp³-hybridized carbons (Fsp3) is 0.333. The molecule has 3 heteroatoms. The van der Waals surface area contributed by atoms with Crippen molar-refractivity contribution >= 4 is 33.1 Å². The molecule has 3 aromatic carbocycles. The molecule has 0 N–H and O–H groups in total. The molecule has 0 saturated heterocycles. The second kappa shape index (κ2) is 7.15. The number of methoxy groups -OCH3 is 1. The van der Waals surface area contributed by atoms with Crippen molar-refractivity contribution in [3.8, 4) is 5.75 Å². The lowest BCUT2D eigenvalue weighted by Gasteiger charge is -2.23. The molecule has 138 valence electrons. The number of hydrogen-bond acceptors (Lipinski definition) is 3. The van der Waals surface area contributed by atoms with Crippen LogP contribution in [-0.2, 0) is 0 Å². The van der Waals surface area contributed by atoms with Crippen molar-refractivity contribution in [1.29, 1.82) is 0 Å². The SMILES string of the molecule is CCCCC1CCC(=O)c2c3ccccc3cc3c(OC)ccc(c23)C1=O. The van der Waals surface area contributed by atoms with Gasteiger partial charge in [0.25, 0.3) is 0 Å². The Labute approximate surface area is 159 Å². The molecule has 27 heavy (non-hydrogen) atoms. The molecule has 1 unspecified atom stereocenters. The van der Waals surface area contributed by atoms with Crippen LogP contribution in [0.1, 0.15) is 59.7 Å². The van der Waals surface area contributed by atoms with Crippen molar-refractivity contribution in [2.45, 2.75) is 39.0 Å². The van der Waals surface area contributed by atoms with Gasteiger partial charge >= 0.3 is 0 Å². The van der Waals surface area contributed by atoms with Crippen LogP contribution in [-0.4, -0.2) is 18.7 Å². The zero-order valence-corrected chi connectivity index (χ0v) is 15.9. The number of carbonyl (C=O) groups excluding carboxylic acids is 2. The maximum atomic E-state index is 13.4. The average Bonchev–Trinajstić information content (AvgIpc) is 2.69. The molecule has 3 nitrogen and oxygen atoms in total. The first-order chi connectivity index (χ1) is 13.2. The molecule has 3 aromatic rings. The minimum atomic E-state index is -0.0786. The first-order valence-electron chi connectivity index (χ1n) is 9.75. The molecule has 4 rings (SSSR count). The van der Waals surface area contributed by atoms with E-state index in [1.54, 1.807) is 7.11 Å². The third-order valence-corrected chi connectivity index (χ3v) is 5.75. The molecule has 0 radical (unpaired) electrons. The predicted molar refractivity (Wildman–Crippen MR) is 109 cm³/mol. The summed E-state index contributed by atoms with van der Waals surface area (Å²) in [7, 11) is 1.63. The molecule has 0 fully saturated rings. The summed E-state index contributed by atoms with van der Waals surface area (Å²) in [5.41, 5.74) is 1.35. The molecule has 0 aliphatic heterocycles. The molecular weight excluding hydrogens is 336 g/mol. The number of benzene rings is 3. The van der Waals surface area contributed by atoms with Gasteiger partial charge in [0, 0.05) is 34.2 Å². The number of hydrogen-bond donors (Lipinski definition) is 0. The Morgan fingerprint density at radius 3 is 2.67 bits per heavy atom. The van der Waals surface area contributed by atoms with Crippen molar-refractivity contribution in [3.05, 3.63) is 53.6 Å². The number of unbranched alkanes of at least 4 members (excludes halogenated alkanes) is 1. The number of ketones is 2. The van der Waals surface area contributed by atoms with Crippen LogP contribution in [0.15, 0.2) is 42.5 Å². The summed E-state index contributed by atoms with van der Waals surface area (Å²) >= 11 is 0. The normalized spacial score (nSPS) is 17.2. The highest BCUT2D eigenvalue weighted by Crippen LogP contribution is 2.40. The summed E-state index contributed by atoms with van der Waals surface area (Å²) in [6, 6.07) is 13.6. The van der Waals surface area contributed by atoms with Crippen LogP contribution in [0.5, 0.6) is 5.75 Å². The number of ether oxygens (including phenoxy) is 1. The lowest BCUT2D eigenvalue weighted by molar-refractivity contribution is 0.0886. The van der Waals surface area contributed by atoms with Crippen molar-refractivity contribution in [3.63, 3.8) is 0 Å². The van der Waals surface area contributed by atoms with E-state index in [0.717, 1.165) is 40.8 Å². The molecule has 0 bridgehead atoms. The van der Waals surface area contributed by atoms with Gasteiger partial charge in [-0.15, -0.1) is 0 Å². The number of Topliss-reactive ketones (excluding diaryl/α,β-unsaturated/α-hetero) is 2. The molecule has 1 atom stereocenters. The van der Waals surface area contributed by atoms with Crippen molar-refractivity contribution in [2.75, 3.05) is 7.11 Å². The Hall–Kier alpha value is -2.68. The summed E-state index contributed by atoms with van der Waals surface area (Å²) in [5, 5.41) is 3.54. The summed E-state index contributed by atoms with van der Waals surface area (Å²) in [5.74, 6) is 0.914. The van der Waals surface area contributed by atoms with E-state index in [1.807, 2.05) is 42.5 Å². The number of rotatable bonds is 4. The summed E-state index contributed by atoms with van der Waals surface area (Å²) in [6.07, 6.45) is 3.96. The van der Waals surface area contributed by atoms with E-state index in [2.05, 4.69) is 6.92 Å². The maximum Gasteiger partial charge on any atom is 0.166 e. The first-order valence-corrected chi connectivity index (χ1v) is 9.75. The molecule has 1 aliphatic rings. The highest BCUT2D eigenvalue weighted by Gasteiger charge is 2.29. The third-order valence-electron chi connectivity index (χ3n) is 5.75. The second-order valence-corrected chi connectivity index (χ2v) is 7.38.